The molecular weight excluding hydrogens is 202 g/mol. The van der Waals surface area contributed by atoms with Gasteiger partial charge in [-0.3, -0.25) is 4.79 Å². The van der Waals surface area contributed by atoms with Gasteiger partial charge in [-0.05, 0) is 46.0 Å². The summed E-state index contributed by atoms with van der Waals surface area (Å²) in [5.74, 6) is 0.544. The Morgan fingerprint density at radius 1 is 1.38 bits per heavy atom. The fraction of sp³-hybridized carbons (Fsp3) is 0.923. The lowest BCUT2D eigenvalue weighted by Crippen LogP contribution is -2.29. The molecule has 0 spiro atoms. The maximum atomic E-state index is 11.5. The molecule has 0 aromatic carbocycles. The Labute approximate surface area is 98.7 Å². The van der Waals surface area contributed by atoms with E-state index in [4.69, 9.17) is 10.5 Å². The lowest BCUT2D eigenvalue weighted by atomic mass is 9.83. The molecule has 1 saturated carbocycles. The minimum atomic E-state index is -0.361. The van der Waals surface area contributed by atoms with Crippen LogP contribution in [0.3, 0.4) is 0 Å². The van der Waals surface area contributed by atoms with Gasteiger partial charge in [0.05, 0.1) is 0 Å². The second-order valence-electron chi connectivity index (χ2n) is 5.92. The Hall–Kier alpha value is -0.570. The van der Waals surface area contributed by atoms with Crippen molar-refractivity contribution in [1.82, 2.24) is 0 Å². The van der Waals surface area contributed by atoms with Crippen LogP contribution < -0.4 is 5.73 Å². The summed E-state index contributed by atoms with van der Waals surface area (Å²) in [5.41, 5.74) is 5.56. The van der Waals surface area contributed by atoms with Gasteiger partial charge in [-0.1, -0.05) is 12.8 Å². The number of hydrogen-bond donors (Lipinski definition) is 1. The van der Waals surface area contributed by atoms with Crippen molar-refractivity contribution in [1.29, 1.82) is 0 Å². The van der Waals surface area contributed by atoms with Crippen molar-refractivity contribution in [2.24, 2.45) is 11.7 Å². The van der Waals surface area contributed by atoms with Crippen molar-refractivity contribution in [2.45, 2.75) is 70.9 Å². The average Bonchev–Trinajstić information content (AvgIpc) is 2.12. The molecule has 0 radical (unpaired) electrons. The van der Waals surface area contributed by atoms with E-state index >= 15 is 0 Å². The van der Waals surface area contributed by atoms with Crippen LogP contribution in [-0.4, -0.2) is 17.6 Å². The molecule has 0 saturated heterocycles. The summed E-state index contributed by atoms with van der Waals surface area (Å²) in [6.07, 6.45) is 6.11. The summed E-state index contributed by atoms with van der Waals surface area (Å²) in [4.78, 5) is 11.5. The van der Waals surface area contributed by atoms with Gasteiger partial charge < -0.3 is 10.5 Å². The van der Waals surface area contributed by atoms with Crippen LogP contribution in [0.15, 0.2) is 0 Å². The van der Waals surface area contributed by atoms with Crippen LogP contribution in [0.2, 0.25) is 0 Å². The number of ether oxygens (including phenoxy) is 1. The normalized spacial score (nSPS) is 26.5. The van der Waals surface area contributed by atoms with Crippen LogP contribution in [0.5, 0.6) is 0 Å². The molecule has 0 heterocycles. The zero-order valence-corrected chi connectivity index (χ0v) is 10.8. The zero-order chi connectivity index (χ0) is 12.2. The van der Waals surface area contributed by atoms with Crippen molar-refractivity contribution in [3.8, 4) is 0 Å². The third kappa shape index (κ3) is 5.50. The van der Waals surface area contributed by atoms with E-state index in [0.29, 0.717) is 18.4 Å². The molecule has 94 valence electrons. The molecule has 0 amide bonds. The van der Waals surface area contributed by atoms with E-state index in [1.165, 1.54) is 12.8 Å². The highest BCUT2D eigenvalue weighted by atomic mass is 16.6. The lowest BCUT2D eigenvalue weighted by molar-refractivity contribution is -0.155. The summed E-state index contributed by atoms with van der Waals surface area (Å²) in [7, 11) is 0. The van der Waals surface area contributed by atoms with Crippen LogP contribution in [-0.2, 0) is 9.53 Å². The molecule has 1 aliphatic rings. The third-order valence-electron chi connectivity index (χ3n) is 3.00. The van der Waals surface area contributed by atoms with Crippen LogP contribution in [0.4, 0.5) is 0 Å². The highest BCUT2D eigenvalue weighted by molar-refractivity contribution is 5.69. The topological polar surface area (TPSA) is 52.3 Å². The van der Waals surface area contributed by atoms with E-state index in [9.17, 15) is 4.79 Å². The first-order valence-electron chi connectivity index (χ1n) is 6.34. The Balaban J connectivity index is 2.21. The molecular formula is C13H25NO2. The van der Waals surface area contributed by atoms with Gasteiger partial charge in [0, 0.05) is 12.5 Å². The Morgan fingerprint density at radius 3 is 2.62 bits per heavy atom. The Kier molecular flexibility index (Phi) is 4.78. The number of carbonyl (C=O) groups is 1. The van der Waals surface area contributed by atoms with Gasteiger partial charge in [0.15, 0.2) is 0 Å². The molecule has 1 unspecified atom stereocenters. The molecule has 3 nitrogen and oxygen atoms in total. The highest BCUT2D eigenvalue weighted by Gasteiger charge is 2.21. The summed E-state index contributed by atoms with van der Waals surface area (Å²) in [5, 5.41) is 0. The number of carbonyl (C=O) groups excluding carboxylic acids is 1. The predicted octanol–water partition coefficient (Wildman–Crippen LogP) is 2.63. The molecule has 1 rings (SSSR count). The first kappa shape index (κ1) is 13.5. The average molecular weight is 227 g/mol. The number of hydrogen-bond acceptors (Lipinski definition) is 3. The summed E-state index contributed by atoms with van der Waals surface area (Å²) in [6, 6.07) is 0.345. The van der Waals surface area contributed by atoms with Gasteiger partial charge in [0.2, 0.25) is 0 Å². The molecule has 3 heteroatoms. The van der Waals surface area contributed by atoms with Crippen LogP contribution >= 0.6 is 0 Å². The standard InChI is InChI=1S/C13H25NO2/c1-13(2,3)16-12(15)8-7-10-5-4-6-11(14)9-10/h10-11H,4-9,14H2,1-3H3/t10?,11-/m0/s1. The first-order chi connectivity index (χ1) is 7.37. The molecule has 0 aromatic heterocycles. The maximum absolute atomic E-state index is 11.5. The predicted molar refractivity (Wildman–Crippen MR) is 65.0 cm³/mol. The first-order valence-corrected chi connectivity index (χ1v) is 6.34. The van der Waals surface area contributed by atoms with Crippen molar-refractivity contribution in [3.05, 3.63) is 0 Å². The van der Waals surface area contributed by atoms with Gasteiger partial charge in [0.25, 0.3) is 0 Å². The van der Waals surface area contributed by atoms with Crippen molar-refractivity contribution in [3.63, 3.8) is 0 Å². The Morgan fingerprint density at radius 2 is 2.06 bits per heavy atom. The van der Waals surface area contributed by atoms with Crippen molar-refractivity contribution in [2.75, 3.05) is 0 Å². The van der Waals surface area contributed by atoms with Crippen LogP contribution in [0.1, 0.15) is 59.3 Å². The number of nitrogens with two attached hydrogens (primary N) is 1. The van der Waals surface area contributed by atoms with Crippen LogP contribution in [0.25, 0.3) is 0 Å². The van der Waals surface area contributed by atoms with Crippen LogP contribution in [0, 0.1) is 5.92 Å². The quantitative estimate of drug-likeness (QED) is 0.754. The van der Waals surface area contributed by atoms with Crippen molar-refractivity contribution < 1.29 is 9.53 Å². The SMILES string of the molecule is CC(C)(C)OC(=O)CCC1CCC[C@H](N)C1. The van der Waals surface area contributed by atoms with Gasteiger partial charge >= 0.3 is 5.97 Å². The van der Waals surface area contributed by atoms with Gasteiger partial charge in [0.1, 0.15) is 5.60 Å². The maximum Gasteiger partial charge on any atom is 0.306 e. The molecule has 0 aromatic rings. The monoisotopic (exact) mass is 227 g/mol. The summed E-state index contributed by atoms with van der Waals surface area (Å²) in [6.45, 7) is 5.71. The highest BCUT2D eigenvalue weighted by Crippen LogP contribution is 2.27. The molecule has 16 heavy (non-hydrogen) atoms. The Bertz CT molecular complexity index is 233. The zero-order valence-electron chi connectivity index (χ0n) is 10.8. The van der Waals surface area contributed by atoms with E-state index in [1.54, 1.807) is 0 Å². The minimum absolute atomic E-state index is 0.0772. The van der Waals surface area contributed by atoms with E-state index in [0.717, 1.165) is 19.3 Å². The molecule has 0 bridgehead atoms. The van der Waals surface area contributed by atoms with E-state index in [1.807, 2.05) is 20.8 Å². The second-order valence-corrected chi connectivity index (χ2v) is 5.92. The van der Waals surface area contributed by atoms with E-state index in [2.05, 4.69) is 0 Å². The minimum Gasteiger partial charge on any atom is -0.460 e. The summed E-state index contributed by atoms with van der Waals surface area (Å²) >= 11 is 0. The molecule has 0 aliphatic heterocycles. The fourth-order valence-electron chi connectivity index (χ4n) is 2.31. The second kappa shape index (κ2) is 5.67. The number of esters is 1. The van der Waals surface area contributed by atoms with Gasteiger partial charge in [-0.2, -0.15) is 0 Å². The molecule has 2 atom stereocenters. The lowest BCUT2D eigenvalue weighted by Gasteiger charge is -2.26. The van der Waals surface area contributed by atoms with E-state index < -0.39 is 0 Å². The smallest absolute Gasteiger partial charge is 0.306 e. The fourth-order valence-corrected chi connectivity index (χ4v) is 2.31. The van der Waals surface area contributed by atoms with Crippen molar-refractivity contribution >= 4 is 5.97 Å². The summed E-state index contributed by atoms with van der Waals surface area (Å²) < 4.78 is 5.29. The molecule has 1 fully saturated rings. The molecule has 1 aliphatic carbocycles. The molecule has 2 N–H and O–H groups in total. The van der Waals surface area contributed by atoms with Gasteiger partial charge in [-0.15, -0.1) is 0 Å². The number of rotatable bonds is 3. The van der Waals surface area contributed by atoms with Gasteiger partial charge in [-0.25, -0.2) is 0 Å². The largest absolute Gasteiger partial charge is 0.460 e. The van der Waals surface area contributed by atoms with E-state index in [-0.39, 0.29) is 11.6 Å². The third-order valence-corrected chi connectivity index (χ3v) is 3.00.